The van der Waals surface area contributed by atoms with Gasteiger partial charge in [-0.15, -0.1) is 0 Å². The third kappa shape index (κ3) is 3.57. The van der Waals surface area contributed by atoms with E-state index in [1.54, 1.807) is 17.0 Å². The van der Waals surface area contributed by atoms with Crippen molar-refractivity contribution in [1.29, 1.82) is 0 Å². The van der Waals surface area contributed by atoms with Crippen molar-refractivity contribution in [2.75, 3.05) is 31.1 Å². The smallest absolute Gasteiger partial charge is 0.293 e. The van der Waals surface area contributed by atoms with Gasteiger partial charge in [0.2, 0.25) is 5.91 Å². The highest BCUT2D eigenvalue weighted by Crippen LogP contribution is 2.32. The van der Waals surface area contributed by atoms with Crippen LogP contribution in [0, 0.1) is 16.0 Å². The van der Waals surface area contributed by atoms with E-state index >= 15 is 0 Å². The van der Waals surface area contributed by atoms with E-state index in [2.05, 4.69) is 0 Å². The number of benzene rings is 1. The second kappa shape index (κ2) is 7.08. The number of hydrogen-bond donors (Lipinski definition) is 1. The van der Waals surface area contributed by atoms with E-state index in [9.17, 15) is 19.7 Å². The van der Waals surface area contributed by atoms with Gasteiger partial charge in [-0.1, -0.05) is 0 Å². The third-order valence-corrected chi connectivity index (χ3v) is 4.98. The Morgan fingerprint density at radius 2 is 1.88 bits per heavy atom. The van der Waals surface area contributed by atoms with Crippen molar-refractivity contribution in [3.8, 4) is 0 Å². The van der Waals surface area contributed by atoms with Gasteiger partial charge in [-0.2, -0.15) is 0 Å². The molecule has 2 aliphatic heterocycles. The number of amides is 2. The molecule has 0 aliphatic carbocycles. The summed E-state index contributed by atoms with van der Waals surface area (Å²) in [5.74, 6) is -1.05. The third-order valence-electron chi connectivity index (χ3n) is 4.98. The molecule has 0 saturated carbocycles. The molecule has 2 saturated heterocycles. The molecule has 8 nitrogen and oxygen atoms in total. The minimum absolute atomic E-state index is 0.0452. The molecule has 25 heavy (non-hydrogen) atoms. The lowest BCUT2D eigenvalue weighted by atomic mass is 9.97. The zero-order chi connectivity index (χ0) is 18.0. The Morgan fingerprint density at radius 3 is 2.52 bits per heavy atom. The molecule has 1 aromatic rings. The molecule has 3 rings (SSSR count). The molecular weight excluding hydrogens is 324 g/mol. The summed E-state index contributed by atoms with van der Waals surface area (Å²) >= 11 is 0. The Kier molecular flexibility index (Phi) is 4.87. The molecule has 8 heteroatoms. The first-order valence-corrected chi connectivity index (χ1v) is 8.59. The van der Waals surface area contributed by atoms with Crippen LogP contribution in [0.2, 0.25) is 0 Å². The van der Waals surface area contributed by atoms with Crippen LogP contribution in [-0.2, 0) is 4.79 Å². The zero-order valence-corrected chi connectivity index (χ0v) is 14.0. The summed E-state index contributed by atoms with van der Waals surface area (Å²) in [7, 11) is 0. The molecule has 2 fully saturated rings. The van der Waals surface area contributed by atoms with Gasteiger partial charge in [0.05, 0.1) is 10.8 Å². The van der Waals surface area contributed by atoms with Gasteiger partial charge < -0.3 is 15.5 Å². The van der Waals surface area contributed by atoms with Crippen LogP contribution in [0.25, 0.3) is 0 Å². The van der Waals surface area contributed by atoms with Crippen molar-refractivity contribution in [3.63, 3.8) is 0 Å². The van der Waals surface area contributed by atoms with Crippen LogP contribution < -0.4 is 10.6 Å². The summed E-state index contributed by atoms with van der Waals surface area (Å²) in [5.41, 5.74) is 6.15. The molecule has 0 radical (unpaired) electrons. The number of hydrogen-bond acceptors (Lipinski definition) is 5. The summed E-state index contributed by atoms with van der Waals surface area (Å²) in [4.78, 5) is 38.7. The number of primary amides is 1. The lowest BCUT2D eigenvalue weighted by Gasteiger charge is -2.31. The number of piperidine rings is 1. The van der Waals surface area contributed by atoms with Crippen LogP contribution in [-0.4, -0.2) is 47.8 Å². The van der Waals surface area contributed by atoms with Crippen LogP contribution in [0.15, 0.2) is 18.2 Å². The first-order valence-electron chi connectivity index (χ1n) is 8.59. The van der Waals surface area contributed by atoms with E-state index in [4.69, 9.17) is 5.73 Å². The van der Waals surface area contributed by atoms with E-state index in [-0.39, 0.29) is 29.6 Å². The van der Waals surface area contributed by atoms with Gasteiger partial charge >= 0.3 is 0 Å². The van der Waals surface area contributed by atoms with E-state index in [1.165, 1.54) is 6.07 Å². The van der Waals surface area contributed by atoms with Gasteiger partial charge in [-0.25, -0.2) is 0 Å². The first kappa shape index (κ1) is 17.2. The average molecular weight is 346 g/mol. The van der Waals surface area contributed by atoms with E-state index in [1.807, 2.05) is 4.90 Å². The molecule has 2 amide bonds. The zero-order valence-electron chi connectivity index (χ0n) is 14.0. The topological polar surface area (TPSA) is 110 Å². The highest BCUT2D eigenvalue weighted by atomic mass is 16.6. The summed E-state index contributed by atoms with van der Waals surface area (Å²) in [6, 6.07) is 4.65. The van der Waals surface area contributed by atoms with Gasteiger partial charge in [0.25, 0.3) is 11.6 Å². The highest BCUT2D eigenvalue weighted by molar-refractivity contribution is 5.96. The first-order chi connectivity index (χ1) is 12.0. The summed E-state index contributed by atoms with van der Waals surface area (Å²) in [6.07, 6.45) is 3.40. The predicted octanol–water partition coefficient (Wildman–Crippen LogP) is 1.53. The average Bonchev–Trinajstić information content (AvgIpc) is 3.15. The normalized spacial score (nSPS) is 20.6. The molecule has 2 heterocycles. The van der Waals surface area contributed by atoms with Crippen LogP contribution in [0.1, 0.15) is 36.0 Å². The number of anilines is 1. The quantitative estimate of drug-likeness (QED) is 0.657. The van der Waals surface area contributed by atoms with Crippen molar-refractivity contribution in [1.82, 2.24) is 4.90 Å². The number of likely N-dealkylation sites (tertiary alicyclic amines) is 1. The van der Waals surface area contributed by atoms with Gasteiger partial charge in [-0.3, -0.25) is 19.7 Å². The molecule has 1 aromatic carbocycles. The van der Waals surface area contributed by atoms with Gasteiger partial charge in [0.1, 0.15) is 5.69 Å². The fraction of sp³-hybridized carbons (Fsp3) is 0.529. The Balaban J connectivity index is 1.84. The lowest BCUT2D eigenvalue weighted by molar-refractivity contribution is -0.384. The van der Waals surface area contributed by atoms with E-state index in [0.717, 1.165) is 25.9 Å². The Hall–Kier alpha value is -2.64. The highest BCUT2D eigenvalue weighted by Gasteiger charge is 2.29. The fourth-order valence-electron chi connectivity index (χ4n) is 3.60. The molecule has 1 atom stereocenters. The van der Waals surface area contributed by atoms with Crippen LogP contribution in [0.3, 0.4) is 0 Å². The van der Waals surface area contributed by atoms with Crippen molar-refractivity contribution >= 4 is 23.2 Å². The standard InChI is InChI=1S/C17H22N4O4/c18-16(22)13-4-3-9-20(11-13)17(23)12-5-6-14(15(10-12)21(24)25)19-7-1-2-8-19/h5-6,10,13H,1-4,7-9,11H2,(H2,18,22). The van der Waals surface area contributed by atoms with Gasteiger partial charge in [0, 0.05) is 37.8 Å². The number of rotatable bonds is 4. The number of nitro groups is 1. The van der Waals surface area contributed by atoms with Crippen molar-refractivity contribution in [2.45, 2.75) is 25.7 Å². The van der Waals surface area contributed by atoms with E-state index < -0.39 is 10.8 Å². The number of nitrogens with zero attached hydrogens (tertiary/aromatic N) is 3. The monoisotopic (exact) mass is 346 g/mol. The van der Waals surface area contributed by atoms with Crippen LogP contribution in [0.5, 0.6) is 0 Å². The summed E-state index contributed by atoms with van der Waals surface area (Å²) < 4.78 is 0. The summed E-state index contributed by atoms with van der Waals surface area (Å²) in [6.45, 7) is 2.39. The van der Waals surface area contributed by atoms with Crippen LogP contribution >= 0.6 is 0 Å². The van der Waals surface area contributed by atoms with Crippen molar-refractivity contribution in [2.24, 2.45) is 11.7 Å². The molecule has 2 N–H and O–H groups in total. The number of carbonyl (C=O) groups excluding carboxylic acids is 2. The Bertz CT molecular complexity index is 700. The second-order valence-electron chi connectivity index (χ2n) is 6.65. The van der Waals surface area contributed by atoms with Crippen LogP contribution in [0.4, 0.5) is 11.4 Å². The lowest BCUT2D eigenvalue weighted by Crippen LogP contribution is -2.44. The molecule has 134 valence electrons. The number of nitrogens with two attached hydrogens (primary N) is 1. The maximum atomic E-state index is 12.7. The molecule has 0 spiro atoms. The fourth-order valence-corrected chi connectivity index (χ4v) is 3.60. The maximum Gasteiger partial charge on any atom is 0.293 e. The van der Waals surface area contributed by atoms with Crippen molar-refractivity contribution < 1.29 is 14.5 Å². The minimum atomic E-state index is -0.438. The number of nitro benzene ring substituents is 1. The van der Waals surface area contributed by atoms with Gasteiger partial charge in [-0.05, 0) is 37.8 Å². The Labute approximate surface area is 145 Å². The SMILES string of the molecule is NC(=O)C1CCCN(C(=O)c2ccc(N3CCCC3)c([N+](=O)[O-])c2)C1. The largest absolute Gasteiger partial charge is 0.369 e. The maximum absolute atomic E-state index is 12.7. The molecule has 0 aromatic heterocycles. The second-order valence-corrected chi connectivity index (χ2v) is 6.65. The predicted molar refractivity (Wildman–Crippen MR) is 92.4 cm³/mol. The van der Waals surface area contributed by atoms with Crippen molar-refractivity contribution in [3.05, 3.63) is 33.9 Å². The molecular formula is C17H22N4O4. The van der Waals surface area contributed by atoms with Gasteiger partial charge in [0.15, 0.2) is 0 Å². The molecule has 2 aliphatic rings. The molecule has 1 unspecified atom stereocenters. The number of carbonyl (C=O) groups is 2. The Morgan fingerprint density at radius 1 is 1.16 bits per heavy atom. The minimum Gasteiger partial charge on any atom is -0.369 e. The summed E-state index contributed by atoms with van der Waals surface area (Å²) in [5, 5.41) is 11.5. The molecule has 0 bridgehead atoms. The van der Waals surface area contributed by atoms with E-state index in [0.29, 0.717) is 25.1 Å².